The molecule has 0 atom stereocenters. The van der Waals surface area contributed by atoms with Gasteiger partial charge in [0.15, 0.2) is 11.2 Å². The number of benzene rings is 9. The molecule has 12 rings (SSSR count). The minimum atomic E-state index is -0.334. The van der Waals surface area contributed by atoms with Crippen molar-refractivity contribution in [3.05, 3.63) is 265 Å². The van der Waals surface area contributed by atoms with E-state index in [0.29, 0.717) is 0 Å². The van der Waals surface area contributed by atoms with Crippen LogP contribution in [0.3, 0.4) is 0 Å². The lowest BCUT2D eigenvalue weighted by molar-refractivity contribution is 0.659. The van der Waals surface area contributed by atoms with Gasteiger partial charge in [0.05, 0.1) is 11.4 Å². The van der Waals surface area contributed by atoms with Crippen LogP contribution in [0.4, 0.5) is 28.4 Å². The Morgan fingerprint density at radius 1 is 0.391 bits per heavy atom. The minimum absolute atomic E-state index is 0.170. The van der Waals surface area contributed by atoms with Crippen LogP contribution < -0.4 is 9.80 Å². The van der Waals surface area contributed by atoms with Crippen LogP contribution in [0.5, 0.6) is 0 Å². The number of anilines is 5. The highest BCUT2D eigenvalue weighted by atomic mass is 16.3. The van der Waals surface area contributed by atoms with Crippen LogP contribution in [-0.4, -0.2) is 0 Å². The van der Waals surface area contributed by atoms with Gasteiger partial charge in [-0.15, -0.1) is 0 Å². The molecule has 1 heterocycles. The number of allylic oxidation sites excluding steroid dienone is 4. The van der Waals surface area contributed by atoms with Crippen LogP contribution in [0.15, 0.2) is 247 Å². The lowest BCUT2D eigenvalue weighted by Crippen LogP contribution is -2.23. The molecule has 9 aromatic carbocycles. The van der Waals surface area contributed by atoms with Crippen molar-refractivity contribution < 1.29 is 4.42 Å². The van der Waals surface area contributed by atoms with E-state index < -0.39 is 0 Å². The molecule has 0 saturated heterocycles. The third-order valence-electron chi connectivity index (χ3n) is 14.4. The molecule has 0 amide bonds. The monoisotopic (exact) mass is 888 g/mol. The molecule has 2 aliphatic rings. The summed E-state index contributed by atoms with van der Waals surface area (Å²) in [6.07, 6.45) is 6.76. The molecule has 1 aromatic heterocycles. The van der Waals surface area contributed by atoms with Crippen molar-refractivity contribution in [3.63, 3.8) is 0 Å². The highest BCUT2D eigenvalue weighted by Crippen LogP contribution is 2.52. The molecule has 69 heavy (non-hydrogen) atoms. The fourth-order valence-corrected chi connectivity index (χ4v) is 10.9. The van der Waals surface area contributed by atoms with E-state index in [0.717, 1.165) is 72.8 Å². The Labute approximate surface area is 405 Å². The lowest BCUT2D eigenvalue weighted by Gasteiger charge is -2.32. The second-order valence-corrected chi connectivity index (χ2v) is 19.5. The van der Waals surface area contributed by atoms with Crippen LogP contribution >= 0.6 is 0 Å². The zero-order valence-electron chi connectivity index (χ0n) is 39.4. The van der Waals surface area contributed by atoms with Gasteiger partial charge < -0.3 is 14.2 Å². The average molecular weight is 889 g/mol. The van der Waals surface area contributed by atoms with Gasteiger partial charge in [0.25, 0.3) is 0 Å². The topological polar surface area (TPSA) is 19.6 Å². The molecule has 2 aliphatic carbocycles. The predicted molar refractivity (Wildman–Crippen MR) is 291 cm³/mol. The standard InChI is InChI=1S/C66H52N2O/c1-44-30-35-52(43-65(2,3)58-26-14-12-22-53(44)58)68(50-38-33-48(34-39-50)46-20-10-7-11-21-46)62-29-17-25-57-56-24-16-28-61(63(56)69-64(57)62)67(49-36-31-47(32-37-49)45-18-8-6-9-19-45)51-40-41-55-54-23-13-15-27-59(54)66(4,5)60(55)42-51/h6-43H,1H2,2-5H3/b35-30-,52-43+. The summed E-state index contributed by atoms with van der Waals surface area (Å²) in [5.74, 6) is 0. The number of nitrogens with zero attached hydrogens (tertiary/aromatic N) is 2. The van der Waals surface area contributed by atoms with E-state index in [1.54, 1.807) is 0 Å². The van der Waals surface area contributed by atoms with Crippen LogP contribution in [0, 0.1) is 0 Å². The second kappa shape index (κ2) is 16.4. The van der Waals surface area contributed by atoms with Crippen molar-refractivity contribution in [2.75, 3.05) is 9.80 Å². The van der Waals surface area contributed by atoms with Gasteiger partial charge in [-0.25, -0.2) is 0 Å². The third-order valence-corrected chi connectivity index (χ3v) is 14.4. The summed E-state index contributed by atoms with van der Waals surface area (Å²) in [5.41, 5.74) is 20.5. The quantitative estimate of drug-likeness (QED) is 0.152. The molecular weight excluding hydrogens is 837 g/mol. The summed E-state index contributed by atoms with van der Waals surface area (Å²) in [4.78, 5) is 4.74. The fourth-order valence-electron chi connectivity index (χ4n) is 10.9. The summed E-state index contributed by atoms with van der Waals surface area (Å²) >= 11 is 0. The maximum Gasteiger partial charge on any atom is 0.159 e. The van der Waals surface area contributed by atoms with Crippen LogP contribution in [0.2, 0.25) is 0 Å². The van der Waals surface area contributed by atoms with Gasteiger partial charge in [0, 0.05) is 44.4 Å². The molecule has 3 nitrogen and oxygen atoms in total. The summed E-state index contributed by atoms with van der Waals surface area (Å²) in [6, 6.07) is 76.6. The largest absolute Gasteiger partial charge is 0.452 e. The van der Waals surface area contributed by atoms with Crippen molar-refractivity contribution in [2.24, 2.45) is 0 Å². The molecule has 0 aliphatic heterocycles. The Morgan fingerprint density at radius 2 is 0.870 bits per heavy atom. The summed E-state index contributed by atoms with van der Waals surface area (Å²) in [7, 11) is 0. The van der Waals surface area contributed by atoms with Gasteiger partial charge >= 0.3 is 0 Å². The van der Waals surface area contributed by atoms with E-state index >= 15 is 0 Å². The molecular formula is C66H52N2O. The minimum Gasteiger partial charge on any atom is -0.452 e. The number of rotatable bonds is 8. The third kappa shape index (κ3) is 7.12. The molecule has 10 aromatic rings. The zero-order chi connectivity index (χ0) is 46.9. The molecule has 0 bridgehead atoms. The van der Waals surface area contributed by atoms with E-state index in [-0.39, 0.29) is 10.8 Å². The normalized spacial score (nSPS) is 15.6. The summed E-state index contributed by atoms with van der Waals surface area (Å²) in [6.45, 7) is 13.8. The molecule has 0 saturated carbocycles. The number of furan rings is 1. The Kier molecular flexibility index (Phi) is 10.0. The summed E-state index contributed by atoms with van der Waals surface area (Å²) < 4.78 is 7.44. The first-order valence-corrected chi connectivity index (χ1v) is 23.9. The highest BCUT2D eigenvalue weighted by molar-refractivity contribution is 6.14. The van der Waals surface area contributed by atoms with Crippen LogP contribution in [-0.2, 0) is 10.8 Å². The van der Waals surface area contributed by atoms with Crippen molar-refractivity contribution in [1.82, 2.24) is 0 Å². The van der Waals surface area contributed by atoms with Gasteiger partial charge in [-0.05, 0) is 116 Å². The Morgan fingerprint density at radius 3 is 1.48 bits per heavy atom. The van der Waals surface area contributed by atoms with Crippen molar-refractivity contribution in [1.29, 1.82) is 0 Å². The molecule has 0 N–H and O–H groups in total. The van der Waals surface area contributed by atoms with Crippen LogP contribution in [0.1, 0.15) is 49.9 Å². The SMILES string of the molecule is C=C1/C=C\C(N(c2ccc(-c3ccccc3)cc2)c2cccc3c2oc2c(N(c4ccc(-c5ccccc5)cc4)c4ccc5c(c4)C(C)(C)c4ccccc4-5)cccc23)=C/C(C)(C)c2ccccc21. The van der Waals surface area contributed by atoms with Gasteiger partial charge in [0.1, 0.15) is 0 Å². The molecule has 0 fully saturated rings. The maximum absolute atomic E-state index is 7.44. The molecule has 3 heteroatoms. The Bertz CT molecular complexity index is 3660. The molecule has 0 radical (unpaired) electrons. The second-order valence-electron chi connectivity index (χ2n) is 19.5. The highest BCUT2D eigenvalue weighted by Gasteiger charge is 2.36. The zero-order valence-corrected chi connectivity index (χ0v) is 39.4. The van der Waals surface area contributed by atoms with E-state index in [9.17, 15) is 0 Å². The van der Waals surface area contributed by atoms with Crippen LogP contribution in [0.25, 0.3) is 60.9 Å². The predicted octanol–water partition coefficient (Wildman–Crippen LogP) is 18.3. The smallest absolute Gasteiger partial charge is 0.159 e. The Balaban J connectivity index is 1.06. The van der Waals surface area contributed by atoms with Gasteiger partial charge in [-0.1, -0.05) is 210 Å². The summed E-state index contributed by atoms with van der Waals surface area (Å²) in [5, 5.41) is 2.10. The fraction of sp³-hybridized carbons (Fsp3) is 0.0909. The lowest BCUT2D eigenvalue weighted by atomic mass is 9.78. The van der Waals surface area contributed by atoms with E-state index in [4.69, 9.17) is 4.42 Å². The maximum atomic E-state index is 7.44. The van der Waals surface area contributed by atoms with Gasteiger partial charge in [-0.2, -0.15) is 0 Å². The Hall–Kier alpha value is -8.40. The van der Waals surface area contributed by atoms with E-state index in [1.807, 2.05) is 0 Å². The molecule has 0 unspecified atom stereocenters. The molecule has 0 spiro atoms. The van der Waals surface area contributed by atoms with E-state index in [2.05, 4.69) is 275 Å². The van der Waals surface area contributed by atoms with Crippen molar-refractivity contribution in [2.45, 2.75) is 38.5 Å². The van der Waals surface area contributed by atoms with Gasteiger partial charge in [0.2, 0.25) is 0 Å². The first-order valence-electron chi connectivity index (χ1n) is 23.9. The van der Waals surface area contributed by atoms with Crippen molar-refractivity contribution >= 4 is 55.9 Å². The first kappa shape index (κ1) is 42.0. The van der Waals surface area contributed by atoms with E-state index in [1.165, 1.54) is 44.5 Å². The number of para-hydroxylation sites is 2. The van der Waals surface area contributed by atoms with Crippen molar-refractivity contribution in [3.8, 4) is 33.4 Å². The van der Waals surface area contributed by atoms with Gasteiger partial charge in [-0.3, -0.25) is 0 Å². The average Bonchev–Trinajstić information content (AvgIpc) is 3.89. The number of fused-ring (bicyclic) bond motifs is 7. The molecule has 332 valence electrons. The number of hydrogen-bond acceptors (Lipinski definition) is 3. The first-order chi connectivity index (χ1) is 33.6. The number of hydrogen-bond donors (Lipinski definition) is 0.